The maximum absolute atomic E-state index is 13.5. The van der Waals surface area contributed by atoms with Gasteiger partial charge in [-0.25, -0.2) is 18.9 Å². The van der Waals surface area contributed by atoms with Gasteiger partial charge in [-0.05, 0) is 43.3 Å². The monoisotopic (exact) mass is 487 g/mol. The highest BCUT2D eigenvalue weighted by atomic mass is 19.1. The molecule has 0 amide bonds. The molecule has 36 heavy (non-hydrogen) atoms. The number of fused-ring (bicyclic) bond motifs is 1. The van der Waals surface area contributed by atoms with Gasteiger partial charge in [-0.3, -0.25) is 4.79 Å². The molecule has 1 aromatic carbocycles. The minimum atomic E-state index is -0.313. The number of ether oxygens (including phenoxy) is 2. The van der Waals surface area contributed by atoms with E-state index in [-0.39, 0.29) is 35.6 Å². The van der Waals surface area contributed by atoms with Gasteiger partial charge in [0.15, 0.2) is 11.4 Å². The van der Waals surface area contributed by atoms with Crippen molar-refractivity contribution in [3.05, 3.63) is 71.7 Å². The summed E-state index contributed by atoms with van der Waals surface area (Å²) < 4.78 is 27.2. The van der Waals surface area contributed by atoms with E-state index in [1.807, 2.05) is 30.7 Å². The third kappa shape index (κ3) is 4.26. The van der Waals surface area contributed by atoms with Gasteiger partial charge >= 0.3 is 6.01 Å². The molecule has 11 heteroatoms. The fraction of sp³-hybridized carbons (Fsp3) is 0.200. The number of aromatic nitrogens is 7. The Morgan fingerprint density at radius 2 is 1.78 bits per heavy atom. The number of ketones is 1. The van der Waals surface area contributed by atoms with Crippen molar-refractivity contribution in [3.63, 3.8) is 0 Å². The lowest BCUT2D eigenvalue weighted by Gasteiger charge is -2.07. The third-order valence-electron chi connectivity index (χ3n) is 5.75. The average molecular weight is 487 g/mol. The summed E-state index contributed by atoms with van der Waals surface area (Å²) in [6.45, 7) is 1.90. The Morgan fingerprint density at radius 3 is 2.50 bits per heavy atom. The van der Waals surface area contributed by atoms with Crippen LogP contribution in [0.2, 0.25) is 0 Å². The normalized spacial score (nSPS) is 11.1. The van der Waals surface area contributed by atoms with Gasteiger partial charge in [0, 0.05) is 18.7 Å². The first-order valence-electron chi connectivity index (χ1n) is 11.0. The largest absolute Gasteiger partial charge is 0.481 e. The standard InChI is InChI=1S/C25H22FN7O3/c1-14-27-23(15-5-7-16(26)8-6-15)24(32(14)2)18-9-10-21-28-17(13-33(21)31-18)11-20(34)19-12-22(35-3)30-25(29-19)36-4/h5-10,12-13H,11H2,1-4H3. The molecule has 0 unspecified atom stereocenters. The quantitative estimate of drug-likeness (QED) is 0.321. The van der Waals surface area contributed by atoms with E-state index in [2.05, 4.69) is 19.9 Å². The average Bonchev–Trinajstić information content (AvgIpc) is 3.42. The molecule has 0 saturated carbocycles. The van der Waals surface area contributed by atoms with Crippen molar-refractivity contribution in [2.75, 3.05) is 14.2 Å². The van der Waals surface area contributed by atoms with Crippen molar-refractivity contribution < 1.29 is 18.7 Å². The van der Waals surface area contributed by atoms with Crippen LogP contribution in [-0.4, -0.2) is 54.1 Å². The molecule has 0 saturated heterocycles. The van der Waals surface area contributed by atoms with Crippen LogP contribution >= 0.6 is 0 Å². The molecule has 0 aliphatic rings. The Bertz CT molecular complexity index is 1570. The van der Waals surface area contributed by atoms with Crippen molar-refractivity contribution in [1.29, 1.82) is 0 Å². The van der Waals surface area contributed by atoms with E-state index in [4.69, 9.17) is 14.6 Å². The molecule has 4 heterocycles. The summed E-state index contributed by atoms with van der Waals surface area (Å²) in [6, 6.07) is 11.4. The second-order valence-corrected chi connectivity index (χ2v) is 8.06. The van der Waals surface area contributed by atoms with E-state index in [9.17, 15) is 9.18 Å². The molecule has 0 aliphatic carbocycles. The molecule has 5 rings (SSSR count). The molecule has 5 aromatic rings. The zero-order valence-electron chi connectivity index (χ0n) is 20.1. The van der Waals surface area contributed by atoms with Crippen LogP contribution in [0.4, 0.5) is 4.39 Å². The first kappa shape index (κ1) is 23.1. The molecule has 0 fully saturated rings. The van der Waals surface area contributed by atoms with Gasteiger partial charge in [0.1, 0.15) is 23.0 Å². The van der Waals surface area contributed by atoms with E-state index in [0.29, 0.717) is 22.7 Å². The topological polar surface area (TPSA) is 109 Å². The zero-order valence-corrected chi connectivity index (χ0v) is 20.1. The summed E-state index contributed by atoms with van der Waals surface area (Å²) in [6.07, 6.45) is 1.71. The number of hydrogen-bond donors (Lipinski definition) is 0. The predicted molar refractivity (Wildman–Crippen MR) is 128 cm³/mol. The van der Waals surface area contributed by atoms with Crippen LogP contribution < -0.4 is 9.47 Å². The number of Topliss-reactive ketones (excluding diaryl/α,β-unsaturated/α-hetero) is 1. The van der Waals surface area contributed by atoms with Gasteiger partial charge in [0.05, 0.1) is 43.9 Å². The second-order valence-electron chi connectivity index (χ2n) is 8.06. The summed E-state index contributed by atoms with van der Waals surface area (Å²) in [5, 5.41) is 4.72. The molecule has 0 atom stereocenters. The van der Waals surface area contributed by atoms with E-state index < -0.39 is 0 Å². The van der Waals surface area contributed by atoms with Crippen LogP contribution in [0.5, 0.6) is 11.9 Å². The lowest BCUT2D eigenvalue weighted by molar-refractivity contribution is 0.0985. The maximum atomic E-state index is 13.5. The Kier molecular flexibility index (Phi) is 5.88. The molecule has 10 nitrogen and oxygen atoms in total. The van der Waals surface area contributed by atoms with E-state index in [1.54, 1.807) is 22.8 Å². The van der Waals surface area contributed by atoms with Crippen molar-refractivity contribution in [2.45, 2.75) is 13.3 Å². The summed E-state index contributed by atoms with van der Waals surface area (Å²) in [4.78, 5) is 30.2. The van der Waals surface area contributed by atoms with Gasteiger partial charge < -0.3 is 14.0 Å². The third-order valence-corrected chi connectivity index (χ3v) is 5.75. The number of rotatable bonds is 7. The Morgan fingerprint density at radius 1 is 1.00 bits per heavy atom. The summed E-state index contributed by atoms with van der Waals surface area (Å²) in [5.41, 5.74) is 4.20. The number of benzene rings is 1. The highest BCUT2D eigenvalue weighted by molar-refractivity contribution is 5.96. The van der Waals surface area contributed by atoms with E-state index in [0.717, 1.165) is 17.1 Å². The molecule has 4 aromatic heterocycles. The van der Waals surface area contributed by atoms with Crippen LogP contribution in [0, 0.1) is 12.7 Å². The first-order valence-corrected chi connectivity index (χ1v) is 11.0. The van der Waals surface area contributed by atoms with Gasteiger partial charge in [-0.15, -0.1) is 0 Å². The number of halogens is 1. The Hall–Kier alpha value is -4.67. The van der Waals surface area contributed by atoms with Gasteiger partial charge in [-0.1, -0.05) is 0 Å². The van der Waals surface area contributed by atoms with Crippen molar-refractivity contribution >= 4 is 11.4 Å². The number of imidazole rings is 2. The van der Waals surface area contributed by atoms with Gasteiger partial charge in [0.2, 0.25) is 5.88 Å². The van der Waals surface area contributed by atoms with Crippen molar-refractivity contribution in [3.8, 4) is 34.5 Å². The molecule has 0 aliphatic heterocycles. The smallest absolute Gasteiger partial charge is 0.320 e. The minimum absolute atomic E-state index is 0.00760. The molecule has 182 valence electrons. The number of carbonyl (C=O) groups is 1. The molecule has 0 bridgehead atoms. The second kappa shape index (κ2) is 9.17. The van der Waals surface area contributed by atoms with Crippen molar-refractivity contribution in [2.24, 2.45) is 7.05 Å². The summed E-state index contributed by atoms with van der Waals surface area (Å²) in [5.74, 6) is 0.444. The molecular weight excluding hydrogens is 465 g/mol. The molecular formula is C25H22FN7O3. The van der Waals surface area contributed by atoms with Crippen LogP contribution in [-0.2, 0) is 13.5 Å². The SMILES string of the molecule is COc1cc(C(=O)Cc2cn3nc(-c4c(-c5ccc(F)cc5)nc(C)n4C)ccc3n2)nc(OC)n1. The number of methoxy groups -OCH3 is 2. The van der Waals surface area contributed by atoms with E-state index in [1.165, 1.54) is 32.4 Å². The number of aryl methyl sites for hydroxylation is 1. The lowest BCUT2D eigenvalue weighted by atomic mass is 10.1. The Labute approximate surface area is 205 Å². The van der Waals surface area contributed by atoms with Gasteiger partial charge in [-0.2, -0.15) is 15.1 Å². The van der Waals surface area contributed by atoms with E-state index >= 15 is 0 Å². The fourth-order valence-corrected chi connectivity index (χ4v) is 3.85. The van der Waals surface area contributed by atoms with Gasteiger partial charge in [0.25, 0.3) is 0 Å². The van der Waals surface area contributed by atoms with Crippen LogP contribution in [0.1, 0.15) is 22.0 Å². The molecule has 0 radical (unpaired) electrons. The van der Waals surface area contributed by atoms with Crippen LogP contribution in [0.25, 0.3) is 28.3 Å². The Balaban J connectivity index is 1.48. The zero-order chi connectivity index (χ0) is 25.4. The van der Waals surface area contributed by atoms with Crippen molar-refractivity contribution in [1.82, 2.24) is 34.1 Å². The summed E-state index contributed by atoms with van der Waals surface area (Å²) in [7, 11) is 4.77. The molecule has 0 spiro atoms. The highest BCUT2D eigenvalue weighted by Gasteiger charge is 2.19. The minimum Gasteiger partial charge on any atom is -0.481 e. The predicted octanol–water partition coefficient (Wildman–Crippen LogP) is 3.48. The van der Waals surface area contributed by atoms with Crippen LogP contribution in [0.15, 0.2) is 48.7 Å². The lowest BCUT2D eigenvalue weighted by Crippen LogP contribution is -2.09. The number of nitrogens with zero attached hydrogens (tertiary/aromatic N) is 7. The number of hydrogen-bond acceptors (Lipinski definition) is 8. The first-order chi connectivity index (χ1) is 17.4. The summed E-state index contributed by atoms with van der Waals surface area (Å²) >= 11 is 0. The fourth-order valence-electron chi connectivity index (χ4n) is 3.85. The van der Waals surface area contributed by atoms with Crippen LogP contribution in [0.3, 0.4) is 0 Å². The molecule has 0 N–H and O–H groups in total. The number of carbonyl (C=O) groups excluding carboxylic acids is 1. The maximum Gasteiger partial charge on any atom is 0.320 e. The highest BCUT2D eigenvalue weighted by Crippen LogP contribution is 2.31.